The number of nitrogens with two attached hydrogens (primary N) is 1. The number of aliphatic hydroxyl groups is 1. The molecule has 1 aromatic carbocycles. The first-order valence-electron chi connectivity index (χ1n) is 9.74. The van der Waals surface area contributed by atoms with E-state index >= 15 is 0 Å². The number of β-amino-alcohol motifs (C(OH)–C–C–N with tert-alkyl or cyclic N) is 1. The highest BCUT2D eigenvalue weighted by Crippen LogP contribution is 2.26. The molecule has 0 radical (unpaired) electrons. The van der Waals surface area contributed by atoms with Crippen LogP contribution in [-0.2, 0) is 6.42 Å². The van der Waals surface area contributed by atoms with Crippen molar-refractivity contribution in [2.75, 3.05) is 26.2 Å². The number of carbonyl (C=O) groups excluding carboxylic acids is 1. The first-order chi connectivity index (χ1) is 14.2. The molecule has 2 aromatic heterocycles. The second-order valence-electron chi connectivity index (χ2n) is 7.24. The second kappa shape index (κ2) is 8.55. The van der Waals surface area contributed by atoms with Crippen LogP contribution in [-0.4, -0.2) is 58.2 Å². The lowest BCUT2D eigenvalue weighted by atomic mass is 9.96. The molecule has 1 aliphatic heterocycles. The Morgan fingerprint density at radius 2 is 1.97 bits per heavy atom. The van der Waals surface area contributed by atoms with E-state index in [-0.39, 0.29) is 11.8 Å². The summed E-state index contributed by atoms with van der Waals surface area (Å²) in [5, 5.41) is 10.6. The average Bonchev–Trinajstić information content (AvgIpc) is 3.12. The molecule has 7 heteroatoms. The Labute approximate surface area is 169 Å². The zero-order chi connectivity index (χ0) is 20.2. The third-order valence-corrected chi connectivity index (χ3v) is 5.24. The maximum atomic E-state index is 12.9. The highest BCUT2D eigenvalue weighted by atomic mass is 16.5. The van der Waals surface area contributed by atoms with Crippen LogP contribution in [0.15, 0.2) is 54.9 Å². The topological polar surface area (TPSA) is 102 Å². The number of carbonyl (C=O) groups is 1. The van der Waals surface area contributed by atoms with Crippen molar-refractivity contribution < 1.29 is 14.6 Å². The molecular weight excluding hydrogens is 368 g/mol. The Bertz CT molecular complexity index is 988. The molecule has 29 heavy (non-hydrogen) atoms. The molecule has 0 unspecified atom stereocenters. The summed E-state index contributed by atoms with van der Waals surface area (Å²) in [6, 6.07) is 12.7. The molecule has 2 atom stereocenters. The van der Waals surface area contributed by atoms with Crippen LogP contribution in [0.4, 0.5) is 0 Å². The van der Waals surface area contributed by atoms with Gasteiger partial charge in [0.2, 0.25) is 0 Å². The van der Waals surface area contributed by atoms with E-state index in [2.05, 4.69) is 9.97 Å². The number of fused-ring (bicyclic) bond motifs is 1. The third kappa shape index (κ3) is 4.21. The summed E-state index contributed by atoms with van der Waals surface area (Å²) >= 11 is 0. The minimum absolute atomic E-state index is 0.0429. The van der Waals surface area contributed by atoms with Crippen molar-refractivity contribution in [2.24, 2.45) is 11.7 Å². The van der Waals surface area contributed by atoms with Gasteiger partial charge in [0, 0.05) is 43.5 Å². The van der Waals surface area contributed by atoms with Gasteiger partial charge in [-0.2, -0.15) is 0 Å². The number of rotatable bonds is 6. The number of benzene rings is 1. The first kappa shape index (κ1) is 19.3. The molecule has 7 nitrogen and oxygen atoms in total. The van der Waals surface area contributed by atoms with Gasteiger partial charge in [0.15, 0.2) is 0 Å². The molecule has 3 aromatic rings. The Kier molecular flexibility index (Phi) is 5.69. The lowest BCUT2D eigenvalue weighted by Crippen LogP contribution is -2.29. The fourth-order valence-corrected chi connectivity index (χ4v) is 3.76. The van der Waals surface area contributed by atoms with Crippen molar-refractivity contribution in [1.82, 2.24) is 14.9 Å². The van der Waals surface area contributed by atoms with Crippen LogP contribution in [0.5, 0.6) is 5.75 Å². The second-order valence-corrected chi connectivity index (χ2v) is 7.24. The fourth-order valence-electron chi connectivity index (χ4n) is 3.76. The van der Waals surface area contributed by atoms with Crippen LogP contribution in [0.25, 0.3) is 11.0 Å². The lowest BCUT2D eigenvalue weighted by molar-refractivity contribution is 0.0764. The molecule has 1 saturated heterocycles. The molecule has 0 saturated carbocycles. The number of pyridine rings is 2. The lowest BCUT2D eigenvalue weighted by Gasteiger charge is -2.17. The van der Waals surface area contributed by atoms with Crippen LogP contribution >= 0.6 is 0 Å². The van der Waals surface area contributed by atoms with Crippen LogP contribution < -0.4 is 10.5 Å². The van der Waals surface area contributed by atoms with Crippen molar-refractivity contribution in [3.8, 4) is 5.75 Å². The minimum atomic E-state index is -0.571. The number of aromatic nitrogens is 2. The quantitative estimate of drug-likeness (QED) is 0.661. The summed E-state index contributed by atoms with van der Waals surface area (Å²) in [6.45, 7) is 1.70. The van der Waals surface area contributed by atoms with E-state index in [1.165, 1.54) is 0 Å². The van der Waals surface area contributed by atoms with Gasteiger partial charge in [0.1, 0.15) is 12.4 Å². The van der Waals surface area contributed by atoms with E-state index in [9.17, 15) is 9.90 Å². The van der Waals surface area contributed by atoms with Crippen molar-refractivity contribution >= 4 is 16.9 Å². The van der Waals surface area contributed by atoms with Crippen LogP contribution in [0.1, 0.15) is 15.9 Å². The molecular formula is C22H24N4O3. The Morgan fingerprint density at radius 3 is 2.76 bits per heavy atom. The molecule has 0 spiro atoms. The van der Waals surface area contributed by atoms with E-state index < -0.39 is 6.10 Å². The zero-order valence-electron chi connectivity index (χ0n) is 16.1. The summed E-state index contributed by atoms with van der Waals surface area (Å²) in [5.41, 5.74) is 8.73. The molecule has 0 aliphatic carbocycles. The summed E-state index contributed by atoms with van der Waals surface area (Å²) < 4.78 is 5.45. The Balaban J connectivity index is 1.44. The normalized spacial score (nSPS) is 18.9. The number of hydrogen-bond acceptors (Lipinski definition) is 6. The molecule has 1 fully saturated rings. The van der Waals surface area contributed by atoms with Gasteiger partial charge in [-0.1, -0.05) is 0 Å². The van der Waals surface area contributed by atoms with Crippen molar-refractivity contribution in [1.29, 1.82) is 0 Å². The van der Waals surface area contributed by atoms with Crippen LogP contribution in [0.2, 0.25) is 0 Å². The Hall–Kier alpha value is -3.03. The van der Waals surface area contributed by atoms with E-state index in [1.54, 1.807) is 41.6 Å². The van der Waals surface area contributed by atoms with Gasteiger partial charge >= 0.3 is 0 Å². The SMILES string of the molecule is NCCOc1ccc(C(=O)N2C[C@@H](Cc3ccnc4cccnc34)[C@@H](O)C2)cc1. The van der Waals surface area contributed by atoms with E-state index in [4.69, 9.17) is 10.5 Å². The van der Waals surface area contributed by atoms with Crippen LogP contribution in [0, 0.1) is 5.92 Å². The summed E-state index contributed by atoms with van der Waals surface area (Å²) in [4.78, 5) is 23.3. The van der Waals surface area contributed by atoms with Crippen molar-refractivity contribution in [3.05, 3.63) is 66.0 Å². The molecule has 1 amide bonds. The van der Waals surface area contributed by atoms with Crippen LogP contribution in [0.3, 0.4) is 0 Å². The number of amides is 1. The van der Waals surface area contributed by atoms with Gasteiger partial charge in [-0.15, -0.1) is 0 Å². The largest absolute Gasteiger partial charge is 0.492 e. The average molecular weight is 392 g/mol. The smallest absolute Gasteiger partial charge is 0.253 e. The predicted molar refractivity (Wildman–Crippen MR) is 110 cm³/mol. The standard InChI is InChI=1S/C22H24N4O3/c23-8-11-29-18-5-3-15(4-6-18)22(28)26-13-17(20(27)14-26)12-16-7-10-24-19-2-1-9-25-21(16)19/h1-7,9-10,17,20,27H,8,11-14,23H2/t17-,20+/m1/s1. The van der Waals surface area contributed by atoms with Gasteiger partial charge in [0.25, 0.3) is 5.91 Å². The number of aliphatic hydroxyl groups excluding tert-OH is 1. The molecule has 4 rings (SSSR count). The molecule has 1 aliphatic rings. The molecule has 0 bridgehead atoms. The number of ether oxygens (including phenoxy) is 1. The van der Waals surface area contributed by atoms with Gasteiger partial charge < -0.3 is 20.5 Å². The monoisotopic (exact) mass is 392 g/mol. The van der Waals surface area contributed by atoms with E-state index in [0.29, 0.717) is 44.0 Å². The third-order valence-electron chi connectivity index (χ3n) is 5.24. The van der Waals surface area contributed by atoms with Gasteiger partial charge in [-0.3, -0.25) is 14.8 Å². The molecule has 150 valence electrons. The zero-order valence-corrected chi connectivity index (χ0v) is 16.1. The van der Waals surface area contributed by atoms with Crippen molar-refractivity contribution in [2.45, 2.75) is 12.5 Å². The summed E-state index contributed by atoms with van der Waals surface area (Å²) in [7, 11) is 0. The van der Waals surface area contributed by atoms with E-state index in [0.717, 1.165) is 16.6 Å². The van der Waals surface area contributed by atoms with E-state index in [1.807, 2.05) is 18.2 Å². The molecule has 3 heterocycles. The highest BCUT2D eigenvalue weighted by molar-refractivity contribution is 5.94. The maximum Gasteiger partial charge on any atom is 0.253 e. The van der Waals surface area contributed by atoms with Gasteiger partial charge in [-0.05, 0) is 54.4 Å². The Morgan fingerprint density at radius 1 is 1.14 bits per heavy atom. The van der Waals surface area contributed by atoms with Crippen molar-refractivity contribution in [3.63, 3.8) is 0 Å². The van der Waals surface area contributed by atoms with Gasteiger partial charge in [0.05, 0.1) is 17.1 Å². The number of nitrogens with zero attached hydrogens (tertiary/aromatic N) is 3. The predicted octanol–water partition coefficient (Wildman–Crippen LogP) is 1.64. The molecule has 3 N–H and O–H groups in total. The first-order valence-corrected chi connectivity index (χ1v) is 9.74. The highest BCUT2D eigenvalue weighted by Gasteiger charge is 2.34. The fraction of sp³-hybridized carbons (Fsp3) is 0.318. The van der Waals surface area contributed by atoms with Gasteiger partial charge in [-0.25, -0.2) is 0 Å². The minimum Gasteiger partial charge on any atom is -0.492 e. The summed E-state index contributed by atoms with van der Waals surface area (Å²) in [5.74, 6) is 0.553. The number of hydrogen-bond donors (Lipinski definition) is 2. The summed E-state index contributed by atoms with van der Waals surface area (Å²) in [6.07, 6.45) is 3.58. The maximum absolute atomic E-state index is 12.9. The number of likely N-dealkylation sites (tertiary alicyclic amines) is 1.